The molecule has 0 aliphatic carbocycles. The topological polar surface area (TPSA) is 82.8 Å². The fourth-order valence-corrected chi connectivity index (χ4v) is 2.62. The van der Waals surface area contributed by atoms with E-state index in [1.807, 2.05) is 12.1 Å². The molecule has 6 nitrogen and oxygen atoms in total. The molecule has 0 fully saturated rings. The Labute approximate surface area is 144 Å². The summed E-state index contributed by atoms with van der Waals surface area (Å²) in [6, 6.07) is 3.75. The number of benzene rings is 1. The van der Waals surface area contributed by atoms with Crippen LogP contribution in [-0.4, -0.2) is 39.8 Å². The minimum absolute atomic E-state index is 0.000137. The van der Waals surface area contributed by atoms with Gasteiger partial charge in [0.05, 0.1) is 21.3 Å². The maximum absolute atomic E-state index is 12.1. The van der Waals surface area contributed by atoms with Gasteiger partial charge in [-0.05, 0) is 36.5 Å². The van der Waals surface area contributed by atoms with Crippen LogP contribution in [0.4, 0.5) is 0 Å². The van der Waals surface area contributed by atoms with E-state index >= 15 is 0 Å². The van der Waals surface area contributed by atoms with E-state index < -0.39 is 0 Å². The minimum atomic E-state index is -0.000137. The Hall–Kier alpha value is -1.95. The van der Waals surface area contributed by atoms with Crippen molar-refractivity contribution < 1.29 is 19.0 Å². The highest BCUT2D eigenvalue weighted by Crippen LogP contribution is 2.38. The normalized spacial score (nSPS) is 12.0. The SMILES string of the molecule is COc1cc(CCC(=O)NC(CN)CC(C)C)cc(OC)c1OC. The Morgan fingerprint density at radius 1 is 1.12 bits per heavy atom. The smallest absolute Gasteiger partial charge is 0.220 e. The van der Waals surface area contributed by atoms with E-state index in [9.17, 15) is 4.79 Å². The summed E-state index contributed by atoms with van der Waals surface area (Å²) in [7, 11) is 4.71. The lowest BCUT2D eigenvalue weighted by atomic mass is 10.0. The van der Waals surface area contributed by atoms with E-state index in [4.69, 9.17) is 19.9 Å². The van der Waals surface area contributed by atoms with Gasteiger partial charge in [0.1, 0.15) is 0 Å². The molecule has 0 saturated heterocycles. The van der Waals surface area contributed by atoms with E-state index in [2.05, 4.69) is 19.2 Å². The van der Waals surface area contributed by atoms with Crippen molar-refractivity contribution in [3.63, 3.8) is 0 Å². The number of nitrogens with one attached hydrogen (secondary N) is 1. The zero-order chi connectivity index (χ0) is 18.1. The highest BCUT2D eigenvalue weighted by atomic mass is 16.5. The predicted octanol–water partition coefficient (Wildman–Crippen LogP) is 2.13. The minimum Gasteiger partial charge on any atom is -0.493 e. The van der Waals surface area contributed by atoms with Crippen LogP contribution in [0.3, 0.4) is 0 Å². The van der Waals surface area contributed by atoms with Crippen molar-refractivity contribution in [1.29, 1.82) is 0 Å². The molecule has 0 heterocycles. The van der Waals surface area contributed by atoms with Crippen LogP contribution in [0.2, 0.25) is 0 Å². The first kappa shape index (κ1) is 20.1. The third-order valence-electron chi connectivity index (χ3n) is 3.77. The molecule has 0 bridgehead atoms. The summed E-state index contributed by atoms with van der Waals surface area (Å²) < 4.78 is 16.0. The molecular weight excluding hydrogens is 308 g/mol. The molecule has 24 heavy (non-hydrogen) atoms. The zero-order valence-electron chi connectivity index (χ0n) is 15.3. The van der Waals surface area contributed by atoms with Gasteiger partial charge in [-0.1, -0.05) is 13.8 Å². The third kappa shape index (κ3) is 5.92. The molecule has 0 aromatic heterocycles. The third-order valence-corrected chi connectivity index (χ3v) is 3.77. The van der Waals surface area contributed by atoms with Gasteiger partial charge in [-0.3, -0.25) is 4.79 Å². The largest absolute Gasteiger partial charge is 0.493 e. The second kappa shape index (κ2) is 10.0. The van der Waals surface area contributed by atoms with Crippen molar-refractivity contribution >= 4 is 5.91 Å². The molecule has 0 aliphatic heterocycles. The molecule has 3 N–H and O–H groups in total. The first-order valence-corrected chi connectivity index (χ1v) is 8.23. The highest BCUT2D eigenvalue weighted by molar-refractivity contribution is 5.76. The fraction of sp³-hybridized carbons (Fsp3) is 0.611. The summed E-state index contributed by atoms with van der Waals surface area (Å²) in [5.74, 6) is 2.22. The molecule has 1 atom stereocenters. The summed E-state index contributed by atoms with van der Waals surface area (Å²) in [4.78, 5) is 12.1. The number of amides is 1. The van der Waals surface area contributed by atoms with Gasteiger partial charge in [0.15, 0.2) is 11.5 Å². The van der Waals surface area contributed by atoms with Crippen LogP contribution in [0.5, 0.6) is 17.2 Å². The molecule has 0 saturated carbocycles. The maximum atomic E-state index is 12.1. The molecular formula is C18H30N2O4. The van der Waals surface area contributed by atoms with Crippen LogP contribution < -0.4 is 25.3 Å². The summed E-state index contributed by atoms with van der Waals surface area (Å²) >= 11 is 0. The summed E-state index contributed by atoms with van der Waals surface area (Å²) in [5, 5.41) is 3.00. The summed E-state index contributed by atoms with van der Waals surface area (Å²) in [6.07, 6.45) is 1.85. The van der Waals surface area contributed by atoms with Crippen LogP contribution in [0.25, 0.3) is 0 Å². The van der Waals surface area contributed by atoms with Crippen molar-refractivity contribution in [2.24, 2.45) is 11.7 Å². The van der Waals surface area contributed by atoms with E-state index in [1.54, 1.807) is 21.3 Å². The van der Waals surface area contributed by atoms with Crippen LogP contribution in [0.15, 0.2) is 12.1 Å². The Bertz CT molecular complexity index is 507. The highest BCUT2D eigenvalue weighted by Gasteiger charge is 2.15. The summed E-state index contributed by atoms with van der Waals surface area (Å²) in [5.41, 5.74) is 6.67. The van der Waals surface area contributed by atoms with E-state index in [0.29, 0.717) is 42.6 Å². The van der Waals surface area contributed by atoms with Gasteiger partial charge < -0.3 is 25.3 Å². The standard InChI is InChI=1S/C18H30N2O4/c1-12(2)8-14(11-19)20-17(21)7-6-13-9-15(22-3)18(24-5)16(10-13)23-4/h9-10,12,14H,6-8,11,19H2,1-5H3,(H,20,21). The van der Waals surface area contributed by atoms with Crippen LogP contribution >= 0.6 is 0 Å². The van der Waals surface area contributed by atoms with Crippen LogP contribution in [0, 0.1) is 5.92 Å². The van der Waals surface area contributed by atoms with Crippen LogP contribution in [-0.2, 0) is 11.2 Å². The molecule has 136 valence electrons. The Balaban J connectivity index is 2.71. The lowest BCUT2D eigenvalue weighted by Gasteiger charge is -2.19. The maximum Gasteiger partial charge on any atom is 0.220 e. The van der Waals surface area contributed by atoms with Crippen molar-refractivity contribution in [1.82, 2.24) is 5.32 Å². The monoisotopic (exact) mass is 338 g/mol. The average molecular weight is 338 g/mol. The molecule has 0 spiro atoms. The lowest BCUT2D eigenvalue weighted by Crippen LogP contribution is -2.41. The van der Waals surface area contributed by atoms with E-state index in [-0.39, 0.29) is 11.9 Å². The number of aryl methyl sites for hydroxylation is 1. The van der Waals surface area contributed by atoms with Crippen molar-refractivity contribution in [3.05, 3.63) is 17.7 Å². The van der Waals surface area contributed by atoms with Crippen molar-refractivity contribution in [2.75, 3.05) is 27.9 Å². The Morgan fingerprint density at radius 3 is 2.12 bits per heavy atom. The average Bonchev–Trinajstić information content (AvgIpc) is 2.57. The van der Waals surface area contributed by atoms with E-state index in [1.165, 1.54) is 0 Å². The molecule has 1 aromatic rings. The molecule has 0 aliphatic rings. The van der Waals surface area contributed by atoms with Gasteiger partial charge in [0, 0.05) is 19.0 Å². The first-order valence-electron chi connectivity index (χ1n) is 8.23. The number of carbonyl (C=O) groups is 1. The van der Waals surface area contributed by atoms with Gasteiger partial charge >= 0.3 is 0 Å². The number of hydrogen-bond acceptors (Lipinski definition) is 5. The molecule has 1 amide bonds. The molecule has 1 aromatic carbocycles. The van der Waals surface area contributed by atoms with Crippen LogP contribution in [0.1, 0.15) is 32.3 Å². The first-order chi connectivity index (χ1) is 11.4. The molecule has 1 unspecified atom stereocenters. The summed E-state index contributed by atoms with van der Waals surface area (Å²) in [6.45, 7) is 4.68. The molecule has 0 radical (unpaired) electrons. The number of carbonyl (C=O) groups excluding carboxylic acids is 1. The van der Waals surface area contributed by atoms with Gasteiger partial charge in [0.25, 0.3) is 0 Å². The van der Waals surface area contributed by atoms with Crippen molar-refractivity contribution in [2.45, 2.75) is 39.2 Å². The van der Waals surface area contributed by atoms with E-state index in [0.717, 1.165) is 12.0 Å². The second-order valence-corrected chi connectivity index (χ2v) is 6.16. The quantitative estimate of drug-likeness (QED) is 0.683. The predicted molar refractivity (Wildman–Crippen MR) is 94.9 cm³/mol. The van der Waals surface area contributed by atoms with Gasteiger partial charge in [-0.25, -0.2) is 0 Å². The number of ether oxygens (including phenoxy) is 3. The molecule has 6 heteroatoms. The number of hydrogen-bond donors (Lipinski definition) is 2. The van der Waals surface area contributed by atoms with Crippen molar-refractivity contribution in [3.8, 4) is 17.2 Å². The lowest BCUT2D eigenvalue weighted by molar-refractivity contribution is -0.121. The Kier molecular flexibility index (Phi) is 8.40. The number of rotatable bonds is 10. The fourth-order valence-electron chi connectivity index (χ4n) is 2.62. The number of nitrogens with two attached hydrogens (primary N) is 1. The number of methoxy groups -OCH3 is 3. The van der Waals surface area contributed by atoms with Gasteiger partial charge in [-0.15, -0.1) is 0 Å². The zero-order valence-corrected chi connectivity index (χ0v) is 15.3. The molecule has 1 rings (SSSR count). The Morgan fingerprint density at radius 2 is 1.71 bits per heavy atom. The van der Waals surface area contributed by atoms with Gasteiger partial charge in [-0.2, -0.15) is 0 Å². The van der Waals surface area contributed by atoms with Gasteiger partial charge in [0.2, 0.25) is 11.7 Å². The second-order valence-electron chi connectivity index (χ2n) is 6.16.